The molecule has 0 unspecified atom stereocenters. The van der Waals surface area contributed by atoms with Crippen LogP contribution in [0.5, 0.6) is 0 Å². The summed E-state index contributed by atoms with van der Waals surface area (Å²) in [6.07, 6.45) is 1.02. The molecule has 2 aliphatic rings. The molecule has 0 fully saturated rings. The number of carbonyl (C=O) groups is 3. The number of likely N-dealkylation sites (N-methyl/N-ethyl adjacent to an activating group) is 1. The van der Waals surface area contributed by atoms with Gasteiger partial charge in [0, 0.05) is 42.5 Å². The minimum absolute atomic E-state index is 0.102. The highest BCUT2D eigenvalue weighted by Crippen LogP contribution is 2.32. The van der Waals surface area contributed by atoms with Gasteiger partial charge in [0.05, 0.1) is 19.3 Å². The van der Waals surface area contributed by atoms with Crippen LogP contribution in [0.2, 0.25) is 0 Å². The Balaban J connectivity index is 1.44. The largest absolute Gasteiger partial charge is 0.465 e. The maximum atomic E-state index is 14.5. The van der Waals surface area contributed by atoms with Gasteiger partial charge in [0.1, 0.15) is 6.04 Å². The van der Waals surface area contributed by atoms with Gasteiger partial charge in [-0.1, -0.05) is 49.4 Å². The van der Waals surface area contributed by atoms with E-state index in [2.05, 4.69) is 15.6 Å². The van der Waals surface area contributed by atoms with Crippen LogP contribution in [-0.2, 0) is 20.8 Å². The lowest BCUT2D eigenvalue weighted by Gasteiger charge is -2.28. The van der Waals surface area contributed by atoms with Gasteiger partial charge in [0.25, 0.3) is 5.56 Å². The van der Waals surface area contributed by atoms with Crippen LogP contribution in [0, 0.1) is 6.92 Å². The molecule has 10 nitrogen and oxygen atoms in total. The smallest absolute Gasteiger partial charge is 0.411 e. The second-order valence-electron chi connectivity index (χ2n) is 12.1. The minimum atomic E-state index is -0.795. The molecule has 5 aromatic rings. The van der Waals surface area contributed by atoms with Gasteiger partial charge in [-0.15, -0.1) is 0 Å². The molecular formula is C38H36N4O6. The fourth-order valence-corrected chi connectivity index (χ4v) is 6.17. The number of nitrogens with zero attached hydrogens (tertiary/aromatic N) is 1. The summed E-state index contributed by atoms with van der Waals surface area (Å²) in [6, 6.07) is 24.8. The number of esters is 1. The molecule has 0 radical (unpaired) electrons. The summed E-state index contributed by atoms with van der Waals surface area (Å²) in [6.45, 7) is 4.28. The normalized spacial score (nSPS) is 16.7. The molecule has 4 aromatic carbocycles. The zero-order valence-electron chi connectivity index (χ0n) is 27.1. The summed E-state index contributed by atoms with van der Waals surface area (Å²) in [5, 5.41) is 7.52. The number of ether oxygens (including phenoxy) is 2. The number of fused-ring (bicyclic) bond motifs is 10. The monoisotopic (exact) mass is 644 g/mol. The van der Waals surface area contributed by atoms with Crippen molar-refractivity contribution in [1.82, 2.24) is 9.88 Å². The molecule has 4 bridgehead atoms. The van der Waals surface area contributed by atoms with Crippen molar-refractivity contribution in [1.29, 1.82) is 0 Å². The molecule has 0 saturated carbocycles. The third-order valence-electron chi connectivity index (χ3n) is 8.69. The molecule has 10 heteroatoms. The van der Waals surface area contributed by atoms with Gasteiger partial charge in [-0.2, -0.15) is 0 Å². The predicted octanol–water partition coefficient (Wildman–Crippen LogP) is 6.77. The highest BCUT2D eigenvalue weighted by Gasteiger charge is 2.27. The molecule has 244 valence electrons. The number of benzene rings is 4. The molecular weight excluding hydrogens is 608 g/mol. The first-order valence-corrected chi connectivity index (χ1v) is 15.6. The van der Waals surface area contributed by atoms with E-state index in [1.165, 1.54) is 7.11 Å². The maximum absolute atomic E-state index is 14.5. The maximum Gasteiger partial charge on any atom is 0.411 e. The Morgan fingerprint density at radius 2 is 1.81 bits per heavy atom. The lowest BCUT2D eigenvalue weighted by Crippen LogP contribution is -2.35. The summed E-state index contributed by atoms with van der Waals surface area (Å²) in [5.41, 5.74) is 6.22. The number of nitrogens with one attached hydrogen (secondary N) is 3. The number of H-pyrrole nitrogens is 1. The molecule has 2 amide bonds. The average molecular weight is 645 g/mol. The van der Waals surface area contributed by atoms with Crippen molar-refractivity contribution in [3.8, 4) is 11.1 Å². The summed E-state index contributed by atoms with van der Waals surface area (Å²) in [7, 11) is 3.05. The van der Waals surface area contributed by atoms with E-state index >= 15 is 0 Å². The number of aromatic amines is 1. The standard InChI is InChI=1S/C38H36N4O6/c1-22-16-26-9-12-31(22)23(2)21-48-38(46)41-29-11-13-32(25-6-5-7-27(17-25)37(45)47-4)28(18-29)20-42(3)36(44)34(26)40-30-10-8-24-14-15-39-35(43)33(24)19-30/h5-19,23,34,40H,20-21H2,1-4H3,(H,39,43)(H,41,46)/t23-,34+/m0/s1. The number of aromatic nitrogens is 1. The highest BCUT2D eigenvalue weighted by molar-refractivity contribution is 5.92. The highest BCUT2D eigenvalue weighted by atomic mass is 16.5. The van der Waals surface area contributed by atoms with Crippen molar-refractivity contribution in [2.24, 2.45) is 0 Å². The van der Waals surface area contributed by atoms with E-state index in [4.69, 9.17) is 9.47 Å². The van der Waals surface area contributed by atoms with Crippen molar-refractivity contribution < 1.29 is 23.9 Å². The Labute approximate surface area is 277 Å². The molecule has 0 aliphatic carbocycles. The number of carbonyl (C=O) groups excluding carboxylic acids is 3. The van der Waals surface area contributed by atoms with Crippen LogP contribution in [0.1, 0.15) is 51.5 Å². The van der Waals surface area contributed by atoms with Crippen molar-refractivity contribution in [3.05, 3.63) is 129 Å². The minimum Gasteiger partial charge on any atom is -0.465 e. The Morgan fingerprint density at radius 3 is 2.60 bits per heavy atom. The van der Waals surface area contributed by atoms with Gasteiger partial charge in [-0.25, -0.2) is 9.59 Å². The van der Waals surface area contributed by atoms with E-state index in [-0.39, 0.29) is 30.5 Å². The predicted molar refractivity (Wildman–Crippen MR) is 185 cm³/mol. The first-order valence-electron chi connectivity index (χ1n) is 15.6. The third-order valence-corrected chi connectivity index (χ3v) is 8.69. The van der Waals surface area contributed by atoms with Gasteiger partial charge >= 0.3 is 12.1 Å². The molecule has 0 saturated heterocycles. The van der Waals surface area contributed by atoms with E-state index in [1.807, 2.05) is 62.4 Å². The average Bonchev–Trinajstić information content (AvgIpc) is 3.09. The van der Waals surface area contributed by atoms with E-state index < -0.39 is 18.1 Å². The zero-order valence-corrected chi connectivity index (χ0v) is 27.1. The lowest BCUT2D eigenvalue weighted by molar-refractivity contribution is -0.131. The SMILES string of the molecule is COC(=O)c1cccc(-c2ccc3cc2CN(C)C(=O)[C@H](Nc2ccc4cc[nH]c(=O)c4c2)c2ccc(c(C)c2)[C@@H](C)COC(=O)N3)c1. The van der Waals surface area contributed by atoms with Gasteiger partial charge in [0.2, 0.25) is 5.91 Å². The number of anilines is 2. The van der Waals surface area contributed by atoms with E-state index in [9.17, 15) is 19.2 Å². The van der Waals surface area contributed by atoms with Crippen LogP contribution in [0.25, 0.3) is 21.9 Å². The summed E-state index contributed by atoms with van der Waals surface area (Å²) >= 11 is 0. The van der Waals surface area contributed by atoms with Crippen LogP contribution in [0.3, 0.4) is 0 Å². The van der Waals surface area contributed by atoms with Gasteiger partial charge < -0.3 is 24.7 Å². The van der Waals surface area contributed by atoms with Gasteiger partial charge in [-0.3, -0.25) is 14.9 Å². The Kier molecular flexibility index (Phi) is 8.98. The molecule has 7 rings (SSSR count). The molecule has 3 N–H and O–H groups in total. The van der Waals surface area contributed by atoms with Crippen LogP contribution < -0.4 is 16.2 Å². The molecule has 48 heavy (non-hydrogen) atoms. The number of methoxy groups -OCH3 is 1. The van der Waals surface area contributed by atoms with Crippen molar-refractivity contribution in [2.45, 2.75) is 32.4 Å². The zero-order chi connectivity index (χ0) is 33.9. The molecule has 2 atom stereocenters. The van der Waals surface area contributed by atoms with Crippen LogP contribution >= 0.6 is 0 Å². The number of pyridine rings is 1. The number of amides is 2. The van der Waals surface area contributed by atoms with Crippen LogP contribution in [0.15, 0.2) is 95.9 Å². The topological polar surface area (TPSA) is 130 Å². The molecule has 0 spiro atoms. The third kappa shape index (κ3) is 6.64. The van der Waals surface area contributed by atoms with Crippen LogP contribution in [-0.4, -0.2) is 48.6 Å². The second kappa shape index (κ2) is 13.4. The van der Waals surface area contributed by atoms with Crippen molar-refractivity contribution in [2.75, 3.05) is 31.4 Å². The Hall–Kier alpha value is -5.90. The van der Waals surface area contributed by atoms with Crippen molar-refractivity contribution in [3.63, 3.8) is 0 Å². The fraction of sp³-hybridized carbons (Fsp3) is 0.211. The number of hydrogen-bond acceptors (Lipinski definition) is 7. The fourth-order valence-electron chi connectivity index (χ4n) is 6.17. The van der Waals surface area contributed by atoms with Gasteiger partial charge in [-0.05, 0) is 88.2 Å². The quantitative estimate of drug-likeness (QED) is 0.184. The van der Waals surface area contributed by atoms with E-state index in [0.717, 1.165) is 38.8 Å². The number of rotatable bonds is 4. The van der Waals surface area contributed by atoms with Crippen LogP contribution in [0.4, 0.5) is 16.2 Å². The first kappa shape index (κ1) is 32.1. The van der Waals surface area contributed by atoms with Crippen molar-refractivity contribution >= 4 is 40.1 Å². The van der Waals surface area contributed by atoms with E-state index in [0.29, 0.717) is 22.3 Å². The molecule has 2 aliphatic heterocycles. The first-order chi connectivity index (χ1) is 23.1. The Morgan fingerprint density at radius 1 is 0.979 bits per heavy atom. The summed E-state index contributed by atoms with van der Waals surface area (Å²) < 4.78 is 10.5. The van der Waals surface area contributed by atoms with E-state index in [1.54, 1.807) is 54.5 Å². The molecule has 1 aromatic heterocycles. The lowest BCUT2D eigenvalue weighted by atomic mass is 9.92. The second-order valence-corrected chi connectivity index (χ2v) is 12.1. The van der Waals surface area contributed by atoms with Gasteiger partial charge in [0.15, 0.2) is 0 Å². The Bertz CT molecular complexity index is 2110. The summed E-state index contributed by atoms with van der Waals surface area (Å²) in [4.78, 5) is 56.5. The molecule has 3 heterocycles. The summed E-state index contributed by atoms with van der Waals surface area (Å²) in [5.74, 6) is -0.778. The number of hydrogen-bond donors (Lipinski definition) is 3. The number of aryl methyl sites for hydroxylation is 1.